The fraction of sp³-hybridized carbons (Fsp3) is 0.136. The molecular weight excluding hydrogens is 418 g/mol. The van der Waals surface area contributed by atoms with Crippen LogP contribution in [0.4, 0.5) is 0 Å². The lowest BCUT2D eigenvalue weighted by Crippen LogP contribution is -2.55. The van der Waals surface area contributed by atoms with Crippen molar-refractivity contribution in [1.82, 2.24) is 10.2 Å². The molecule has 0 aromatic heterocycles. The van der Waals surface area contributed by atoms with Gasteiger partial charge >= 0.3 is 0 Å². The van der Waals surface area contributed by atoms with E-state index in [1.807, 2.05) is 49.4 Å². The molecule has 2 aromatic rings. The number of allylic oxidation sites excluding steroid dienone is 2. The average Bonchev–Trinajstić information content (AvgIpc) is 2.95. The first-order chi connectivity index (χ1) is 13.5. The maximum absolute atomic E-state index is 13.3. The molecule has 0 bridgehead atoms. The number of aliphatic imine (C=N–C) groups is 1. The predicted octanol–water partition coefficient (Wildman–Crippen LogP) is 3.83. The summed E-state index contributed by atoms with van der Waals surface area (Å²) in [4.78, 5) is 32.4. The molecule has 6 heteroatoms. The number of amides is 2. The lowest BCUT2D eigenvalue weighted by molar-refractivity contribution is -0.130. The van der Waals surface area contributed by atoms with Gasteiger partial charge in [-0.1, -0.05) is 46.3 Å². The smallest absolute Gasteiger partial charge is 0.281 e. The summed E-state index contributed by atoms with van der Waals surface area (Å²) in [6, 6.07) is 16.5. The summed E-state index contributed by atoms with van der Waals surface area (Å²) in [5.74, 6) is -0.0647. The van der Waals surface area contributed by atoms with E-state index in [2.05, 4.69) is 26.2 Å². The van der Waals surface area contributed by atoms with E-state index in [4.69, 9.17) is 0 Å². The van der Waals surface area contributed by atoms with Gasteiger partial charge in [-0.2, -0.15) is 0 Å². The number of carbonyl (C=O) groups is 2. The highest BCUT2D eigenvalue weighted by molar-refractivity contribution is 9.10. The van der Waals surface area contributed by atoms with Crippen molar-refractivity contribution in [2.24, 2.45) is 4.99 Å². The van der Waals surface area contributed by atoms with Crippen LogP contribution in [0.5, 0.6) is 0 Å². The molecule has 4 rings (SSSR count). The van der Waals surface area contributed by atoms with Crippen LogP contribution in [0.2, 0.25) is 0 Å². The monoisotopic (exact) mass is 435 g/mol. The number of amidine groups is 1. The zero-order chi connectivity index (χ0) is 19.7. The first-order valence-electron chi connectivity index (χ1n) is 8.89. The Hall–Kier alpha value is -2.99. The Morgan fingerprint density at radius 1 is 1.14 bits per heavy atom. The van der Waals surface area contributed by atoms with Crippen molar-refractivity contribution in [3.8, 4) is 0 Å². The van der Waals surface area contributed by atoms with Crippen LogP contribution in [0.3, 0.4) is 0 Å². The molecule has 0 spiro atoms. The van der Waals surface area contributed by atoms with Crippen LogP contribution in [0.25, 0.3) is 0 Å². The Kier molecular flexibility index (Phi) is 4.73. The summed E-state index contributed by atoms with van der Waals surface area (Å²) in [7, 11) is 0. The van der Waals surface area contributed by atoms with E-state index in [1.165, 1.54) is 4.90 Å². The van der Waals surface area contributed by atoms with Crippen LogP contribution in [0, 0.1) is 0 Å². The lowest BCUT2D eigenvalue weighted by atomic mass is 9.98. The molecule has 2 aliphatic heterocycles. The number of nitrogens with zero attached hydrogens (tertiary/aromatic N) is 2. The van der Waals surface area contributed by atoms with Crippen molar-refractivity contribution in [2.45, 2.75) is 19.0 Å². The molecule has 0 fully saturated rings. The van der Waals surface area contributed by atoms with Gasteiger partial charge in [0.05, 0.1) is 0 Å². The second-order valence-electron chi connectivity index (χ2n) is 6.83. The maximum atomic E-state index is 13.3. The minimum atomic E-state index is -1.39. The third-order valence-corrected chi connectivity index (χ3v) is 5.23. The van der Waals surface area contributed by atoms with Crippen molar-refractivity contribution >= 4 is 33.6 Å². The Morgan fingerprint density at radius 2 is 1.86 bits per heavy atom. The number of fused-ring (bicyclic) bond motifs is 1. The van der Waals surface area contributed by atoms with Gasteiger partial charge in [0.2, 0.25) is 5.66 Å². The molecular formula is C22H18BrN3O2. The first kappa shape index (κ1) is 18.4. The van der Waals surface area contributed by atoms with E-state index >= 15 is 0 Å². The minimum absolute atomic E-state index is 0.262. The molecule has 2 aromatic carbocycles. The normalized spacial score (nSPS) is 20.5. The number of carbonyl (C=O) groups excluding carboxylic acids is 2. The summed E-state index contributed by atoms with van der Waals surface area (Å²) in [5, 5.41) is 2.90. The largest absolute Gasteiger partial charge is 0.320 e. The Balaban J connectivity index is 1.73. The van der Waals surface area contributed by atoms with E-state index < -0.39 is 5.66 Å². The van der Waals surface area contributed by atoms with Crippen LogP contribution in [0.1, 0.15) is 22.8 Å². The molecule has 2 heterocycles. The Morgan fingerprint density at radius 3 is 2.57 bits per heavy atom. The van der Waals surface area contributed by atoms with Crippen molar-refractivity contribution in [3.63, 3.8) is 0 Å². The molecule has 5 nitrogen and oxygen atoms in total. The summed E-state index contributed by atoms with van der Waals surface area (Å²) < 4.78 is 0.946. The van der Waals surface area contributed by atoms with Gasteiger partial charge in [0.25, 0.3) is 11.8 Å². The van der Waals surface area contributed by atoms with Gasteiger partial charge in [0.1, 0.15) is 5.84 Å². The van der Waals surface area contributed by atoms with E-state index in [-0.39, 0.29) is 18.2 Å². The number of hydrogen-bond acceptors (Lipinski definition) is 3. The SMILES string of the molecule is CC1=CC2=N[C@@](Cc3ccc(Br)cc3)(NC(=O)c3ccccc3)C(=O)N2C=C1. The van der Waals surface area contributed by atoms with E-state index in [1.54, 1.807) is 30.5 Å². The molecule has 140 valence electrons. The summed E-state index contributed by atoms with van der Waals surface area (Å²) >= 11 is 3.42. The van der Waals surface area contributed by atoms with Gasteiger partial charge < -0.3 is 5.32 Å². The standard InChI is InChI=1S/C22H18BrN3O2/c1-15-11-12-26-19(13-15)24-22(21(26)28,14-16-7-9-18(23)10-8-16)25-20(27)17-5-3-2-4-6-17/h2-13H,14H2,1H3,(H,25,27)/t22-/m0/s1. The van der Waals surface area contributed by atoms with Crippen molar-refractivity contribution in [1.29, 1.82) is 0 Å². The van der Waals surface area contributed by atoms with Gasteiger partial charge in [-0.15, -0.1) is 0 Å². The van der Waals surface area contributed by atoms with Crippen molar-refractivity contribution < 1.29 is 9.59 Å². The van der Waals surface area contributed by atoms with Crippen LogP contribution >= 0.6 is 15.9 Å². The zero-order valence-electron chi connectivity index (χ0n) is 15.2. The molecule has 1 N–H and O–H groups in total. The maximum Gasteiger partial charge on any atom is 0.281 e. The molecule has 2 aliphatic rings. The van der Waals surface area contributed by atoms with Gasteiger partial charge in [-0.25, -0.2) is 4.99 Å². The zero-order valence-corrected chi connectivity index (χ0v) is 16.8. The van der Waals surface area contributed by atoms with Crippen molar-refractivity contribution in [2.75, 3.05) is 0 Å². The molecule has 0 saturated heterocycles. The summed E-state index contributed by atoms with van der Waals surface area (Å²) in [6.45, 7) is 1.94. The molecule has 28 heavy (non-hydrogen) atoms. The second-order valence-corrected chi connectivity index (χ2v) is 7.75. The Bertz CT molecular complexity index is 1030. The molecule has 1 atom stereocenters. The number of nitrogens with one attached hydrogen (secondary N) is 1. The summed E-state index contributed by atoms with van der Waals surface area (Å²) in [6.07, 6.45) is 5.66. The average molecular weight is 436 g/mol. The molecule has 0 radical (unpaired) electrons. The molecule has 0 aliphatic carbocycles. The predicted molar refractivity (Wildman–Crippen MR) is 112 cm³/mol. The van der Waals surface area contributed by atoms with Gasteiger partial charge in [0.15, 0.2) is 0 Å². The number of hydrogen-bond donors (Lipinski definition) is 1. The summed E-state index contributed by atoms with van der Waals surface area (Å²) in [5.41, 5.74) is 0.995. The highest BCUT2D eigenvalue weighted by atomic mass is 79.9. The third kappa shape index (κ3) is 3.43. The number of benzene rings is 2. The topological polar surface area (TPSA) is 61.8 Å². The fourth-order valence-corrected chi connectivity index (χ4v) is 3.54. The first-order valence-corrected chi connectivity index (χ1v) is 9.68. The number of rotatable bonds is 4. The van der Waals surface area contributed by atoms with E-state index in [0.717, 1.165) is 15.6 Å². The van der Waals surface area contributed by atoms with E-state index in [9.17, 15) is 9.59 Å². The Labute approximate surface area is 171 Å². The third-order valence-electron chi connectivity index (χ3n) is 4.70. The molecule has 0 saturated carbocycles. The lowest BCUT2D eigenvalue weighted by Gasteiger charge is -2.27. The highest BCUT2D eigenvalue weighted by Crippen LogP contribution is 2.29. The highest BCUT2D eigenvalue weighted by Gasteiger charge is 2.49. The second kappa shape index (κ2) is 7.20. The quantitative estimate of drug-likeness (QED) is 0.792. The van der Waals surface area contributed by atoms with Crippen LogP contribution in [-0.2, 0) is 11.2 Å². The van der Waals surface area contributed by atoms with E-state index in [0.29, 0.717) is 11.4 Å². The van der Waals surface area contributed by atoms with Gasteiger partial charge in [0, 0.05) is 22.7 Å². The van der Waals surface area contributed by atoms with Crippen LogP contribution < -0.4 is 5.32 Å². The van der Waals surface area contributed by atoms with Crippen molar-refractivity contribution in [3.05, 3.63) is 94.1 Å². The fourth-order valence-electron chi connectivity index (χ4n) is 3.28. The van der Waals surface area contributed by atoms with Gasteiger partial charge in [-0.3, -0.25) is 14.5 Å². The minimum Gasteiger partial charge on any atom is -0.320 e. The molecule has 2 amide bonds. The van der Waals surface area contributed by atoms with Gasteiger partial charge in [-0.05, 0) is 54.5 Å². The molecule has 0 unspecified atom stereocenters. The van der Waals surface area contributed by atoms with Crippen LogP contribution in [-0.4, -0.2) is 28.2 Å². The van der Waals surface area contributed by atoms with Crippen LogP contribution in [0.15, 0.2) is 88.0 Å². The number of halogens is 1.